The zero-order chi connectivity index (χ0) is 15.2. The molecule has 4 nitrogen and oxygen atoms in total. The second-order valence-electron chi connectivity index (χ2n) is 5.04. The van der Waals surface area contributed by atoms with E-state index in [4.69, 9.17) is 0 Å². The molecule has 2 heterocycles. The molecule has 0 aliphatic heterocycles. The molecule has 1 aromatic carbocycles. The van der Waals surface area contributed by atoms with Gasteiger partial charge in [-0.05, 0) is 23.6 Å². The number of pyridine rings is 1. The maximum Gasteiger partial charge on any atom is 0.222 e. The van der Waals surface area contributed by atoms with Crippen LogP contribution in [0.3, 0.4) is 0 Å². The Bertz CT molecular complexity index is 706. The Morgan fingerprint density at radius 1 is 0.818 bits per heavy atom. The summed E-state index contributed by atoms with van der Waals surface area (Å²) in [5.41, 5.74) is 4.34. The fourth-order valence-electron chi connectivity index (χ4n) is 2.12. The molecule has 0 amide bonds. The summed E-state index contributed by atoms with van der Waals surface area (Å²) in [7, 11) is 0. The fourth-order valence-corrected chi connectivity index (χ4v) is 2.12. The highest BCUT2D eigenvalue weighted by atomic mass is 15.1. The lowest BCUT2D eigenvalue weighted by molar-refractivity contribution is 1.00. The molecule has 0 fully saturated rings. The van der Waals surface area contributed by atoms with Crippen molar-refractivity contribution in [3.63, 3.8) is 0 Å². The molecule has 3 aromatic rings. The molecule has 0 unspecified atom stereocenters. The number of anilines is 1. The highest BCUT2D eigenvalue weighted by molar-refractivity contribution is 5.58. The van der Waals surface area contributed by atoms with Crippen LogP contribution in [0.15, 0.2) is 61.1 Å². The SMILES string of the molecule is CCc1cnc(NCc2ccc(-c3ccccc3)nc2)nc1. The van der Waals surface area contributed by atoms with Crippen molar-refractivity contribution in [2.45, 2.75) is 19.9 Å². The van der Waals surface area contributed by atoms with E-state index in [0.29, 0.717) is 12.5 Å². The molecule has 0 atom stereocenters. The van der Waals surface area contributed by atoms with Crippen LogP contribution in [0.25, 0.3) is 11.3 Å². The molecule has 4 heteroatoms. The standard InChI is InChI=1S/C18H18N4/c1-2-14-10-20-18(21-11-14)22-13-15-8-9-17(19-12-15)16-6-4-3-5-7-16/h3-12H,2,13H2,1H3,(H,20,21,22). The van der Waals surface area contributed by atoms with Crippen molar-refractivity contribution in [3.8, 4) is 11.3 Å². The minimum Gasteiger partial charge on any atom is -0.350 e. The first-order valence-corrected chi connectivity index (χ1v) is 7.40. The van der Waals surface area contributed by atoms with Gasteiger partial charge in [-0.25, -0.2) is 9.97 Å². The van der Waals surface area contributed by atoms with Crippen molar-refractivity contribution >= 4 is 5.95 Å². The van der Waals surface area contributed by atoms with Gasteiger partial charge in [-0.15, -0.1) is 0 Å². The minimum absolute atomic E-state index is 0.643. The molecular weight excluding hydrogens is 272 g/mol. The molecule has 0 radical (unpaired) electrons. The number of aryl methyl sites for hydroxylation is 1. The molecule has 0 saturated carbocycles. The first kappa shape index (κ1) is 14.2. The summed E-state index contributed by atoms with van der Waals surface area (Å²) in [6.45, 7) is 2.75. The van der Waals surface area contributed by atoms with Gasteiger partial charge < -0.3 is 5.32 Å². The quantitative estimate of drug-likeness (QED) is 0.778. The van der Waals surface area contributed by atoms with Crippen LogP contribution in [-0.4, -0.2) is 15.0 Å². The number of hydrogen-bond donors (Lipinski definition) is 1. The second-order valence-corrected chi connectivity index (χ2v) is 5.04. The largest absolute Gasteiger partial charge is 0.350 e. The molecule has 0 spiro atoms. The van der Waals surface area contributed by atoms with E-state index in [1.807, 2.05) is 42.9 Å². The van der Waals surface area contributed by atoms with Crippen molar-refractivity contribution in [1.29, 1.82) is 0 Å². The fraction of sp³-hybridized carbons (Fsp3) is 0.167. The monoisotopic (exact) mass is 290 g/mol. The lowest BCUT2D eigenvalue weighted by Gasteiger charge is -2.06. The zero-order valence-electron chi connectivity index (χ0n) is 12.5. The molecule has 0 aliphatic rings. The van der Waals surface area contributed by atoms with Crippen LogP contribution in [0, 0.1) is 0 Å². The lowest BCUT2D eigenvalue weighted by atomic mass is 10.1. The Kier molecular flexibility index (Phi) is 4.39. The van der Waals surface area contributed by atoms with Gasteiger partial charge in [0, 0.05) is 30.7 Å². The van der Waals surface area contributed by atoms with E-state index in [9.17, 15) is 0 Å². The zero-order valence-corrected chi connectivity index (χ0v) is 12.5. The van der Waals surface area contributed by atoms with Crippen molar-refractivity contribution in [3.05, 3.63) is 72.2 Å². The van der Waals surface area contributed by atoms with Gasteiger partial charge in [0.1, 0.15) is 0 Å². The molecule has 0 saturated heterocycles. The molecule has 0 bridgehead atoms. The van der Waals surface area contributed by atoms with Gasteiger partial charge in [0.15, 0.2) is 0 Å². The topological polar surface area (TPSA) is 50.7 Å². The number of aromatic nitrogens is 3. The van der Waals surface area contributed by atoms with Gasteiger partial charge in [-0.2, -0.15) is 0 Å². The third-order valence-corrected chi connectivity index (χ3v) is 3.46. The van der Waals surface area contributed by atoms with Crippen LogP contribution in [0.5, 0.6) is 0 Å². The van der Waals surface area contributed by atoms with E-state index in [2.05, 4.69) is 45.4 Å². The van der Waals surface area contributed by atoms with Crippen molar-refractivity contribution in [1.82, 2.24) is 15.0 Å². The molecular formula is C18H18N4. The molecule has 22 heavy (non-hydrogen) atoms. The van der Waals surface area contributed by atoms with Crippen molar-refractivity contribution in [2.24, 2.45) is 0 Å². The molecule has 0 aliphatic carbocycles. The maximum absolute atomic E-state index is 4.51. The van der Waals surface area contributed by atoms with E-state index in [0.717, 1.165) is 28.8 Å². The Balaban J connectivity index is 1.63. The van der Waals surface area contributed by atoms with E-state index in [1.165, 1.54) is 0 Å². The predicted molar refractivity (Wildman–Crippen MR) is 88.4 cm³/mol. The van der Waals surface area contributed by atoms with Gasteiger partial charge in [0.05, 0.1) is 5.69 Å². The predicted octanol–water partition coefficient (Wildman–Crippen LogP) is 3.71. The van der Waals surface area contributed by atoms with Crippen LogP contribution >= 0.6 is 0 Å². The van der Waals surface area contributed by atoms with E-state index in [1.54, 1.807) is 0 Å². The summed E-state index contributed by atoms with van der Waals surface area (Å²) in [5, 5.41) is 3.21. The summed E-state index contributed by atoms with van der Waals surface area (Å²) in [6.07, 6.45) is 6.54. The maximum atomic E-state index is 4.51. The van der Waals surface area contributed by atoms with E-state index in [-0.39, 0.29) is 0 Å². The number of benzene rings is 1. The number of nitrogens with one attached hydrogen (secondary N) is 1. The van der Waals surface area contributed by atoms with Crippen molar-refractivity contribution < 1.29 is 0 Å². The van der Waals surface area contributed by atoms with Crippen LogP contribution in [0.2, 0.25) is 0 Å². The first-order valence-electron chi connectivity index (χ1n) is 7.40. The number of nitrogens with zero attached hydrogens (tertiary/aromatic N) is 3. The smallest absolute Gasteiger partial charge is 0.222 e. The molecule has 2 aromatic heterocycles. The molecule has 3 rings (SSSR count). The lowest BCUT2D eigenvalue weighted by Crippen LogP contribution is -2.04. The first-order chi connectivity index (χ1) is 10.8. The summed E-state index contributed by atoms with van der Waals surface area (Å²) < 4.78 is 0. The van der Waals surface area contributed by atoms with Crippen LogP contribution < -0.4 is 5.32 Å². The number of hydrogen-bond acceptors (Lipinski definition) is 4. The van der Waals surface area contributed by atoms with Crippen LogP contribution in [-0.2, 0) is 13.0 Å². The highest BCUT2D eigenvalue weighted by Crippen LogP contribution is 2.16. The minimum atomic E-state index is 0.643. The Morgan fingerprint density at radius 3 is 2.18 bits per heavy atom. The Hall–Kier alpha value is -2.75. The summed E-state index contributed by atoms with van der Waals surface area (Å²) in [6, 6.07) is 14.3. The number of rotatable bonds is 5. The third kappa shape index (κ3) is 3.47. The normalized spacial score (nSPS) is 10.4. The second kappa shape index (κ2) is 6.80. The molecule has 1 N–H and O–H groups in total. The summed E-state index contributed by atoms with van der Waals surface area (Å²) in [4.78, 5) is 13.1. The van der Waals surface area contributed by atoms with Crippen molar-refractivity contribution in [2.75, 3.05) is 5.32 Å². The van der Waals surface area contributed by atoms with Gasteiger partial charge in [-0.3, -0.25) is 4.98 Å². The van der Waals surface area contributed by atoms with Crippen LogP contribution in [0.1, 0.15) is 18.1 Å². The highest BCUT2D eigenvalue weighted by Gasteiger charge is 2.00. The Labute approximate surface area is 130 Å². The van der Waals surface area contributed by atoms with Crippen LogP contribution in [0.4, 0.5) is 5.95 Å². The summed E-state index contributed by atoms with van der Waals surface area (Å²) >= 11 is 0. The average molecular weight is 290 g/mol. The van der Waals surface area contributed by atoms with Gasteiger partial charge in [0.2, 0.25) is 5.95 Å². The van der Waals surface area contributed by atoms with Gasteiger partial charge in [0.25, 0.3) is 0 Å². The Morgan fingerprint density at radius 2 is 1.55 bits per heavy atom. The van der Waals surface area contributed by atoms with Gasteiger partial charge >= 0.3 is 0 Å². The van der Waals surface area contributed by atoms with E-state index < -0.39 is 0 Å². The summed E-state index contributed by atoms with van der Waals surface area (Å²) in [5.74, 6) is 0.643. The average Bonchev–Trinajstić information content (AvgIpc) is 2.61. The third-order valence-electron chi connectivity index (χ3n) is 3.46. The molecule has 110 valence electrons. The van der Waals surface area contributed by atoms with E-state index >= 15 is 0 Å². The van der Waals surface area contributed by atoms with Gasteiger partial charge in [-0.1, -0.05) is 43.3 Å².